The van der Waals surface area contributed by atoms with E-state index in [1.807, 2.05) is 0 Å². The Labute approximate surface area is 107 Å². The molecule has 0 bridgehead atoms. The lowest BCUT2D eigenvalue weighted by molar-refractivity contribution is 0.645. The topological polar surface area (TPSA) is 26.0 Å². The average molecular weight is 246 g/mol. The molecule has 0 aromatic heterocycles. The Morgan fingerprint density at radius 3 is 2.59 bits per heavy atom. The van der Waals surface area contributed by atoms with Crippen LogP contribution in [-0.2, 0) is 5.41 Å². The second-order valence-corrected chi connectivity index (χ2v) is 5.29. The fraction of sp³-hybridized carbons (Fsp3) is 0.333. The number of hydrogen-bond acceptors (Lipinski definition) is 1. The maximum atomic E-state index is 5.97. The van der Waals surface area contributed by atoms with Crippen molar-refractivity contribution in [1.29, 1.82) is 0 Å². The second kappa shape index (κ2) is 4.01. The standard InChI is InChI=1S/C15H16ClN/c16-9-14-8-15(14,10-17)13-6-5-11-3-1-2-4-12(11)7-13/h1-7,14H,8-10,17H2/t14?,15-/m0/s1. The van der Waals surface area contributed by atoms with Gasteiger partial charge in [0, 0.05) is 17.8 Å². The van der Waals surface area contributed by atoms with Crippen LogP contribution in [0.1, 0.15) is 12.0 Å². The molecule has 0 spiro atoms. The first-order valence-corrected chi connectivity index (χ1v) is 6.59. The Hall–Kier alpha value is -1.05. The number of rotatable bonds is 3. The summed E-state index contributed by atoms with van der Waals surface area (Å²) in [4.78, 5) is 0. The van der Waals surface area contributed by atoms with Crippen molar-refractivity contribution in [3.8, 4) is 0 Å². The average Bonchev–Trinajstić information content (AvgIpc) is 3.13. The van der Waals surface area contributed by atoms with E-state index < -0.39 is 0 Å². The van der Waals surface area contributed by atoms with Gasteiger partial charge in [-0.3, -0.25) is 0 Å². The number of fused-ring (bicyclic) bond motifs is 1. The zero-order valence-electron chi connectivity index (χ0n) is 9.70. The van der Waals surface area contributed by atoms with Gasteiger partial charge in [-0.25, -0.2) is 0 Å². The molecule has 1 aliphatic carbocycles. The molecule has 1 fully saturated rings. The molecule has 1 saturated carbocycles. The van der Waals surface area contributed by atoms with Gasteiger partial charge in [0.05, 0.1) is 0 Å². The highest BCUT2D eigenvalue weighted by atomic mass is 35.5. The van der Waals surface area contributed by atoms with Crippen molar-refractivity contribution in [2.45, 2.75) is 11.8 Å². The van der Waals surface area contributed by atoms with Crippen LogP contribution in [-0.4, -0.2) is 12.4 Å². The highest BCUT2D eigenvalue weighted by Crippen LogP contribution is 2.54. The van der Waals surface area contributed by atoms with Crippen LogP contribution >= 0.6 is 11.6 Å². The molecule has 0 amide bonds. The number of hydrogen-bond donors (Lipinski definition) is 1. The number of benzene rings is 2. The summed E-state index contributed by atoms with van der Waals surface area (Å²) in [5.74, 6) is 1.26. The van der Waals surface area contributed by atoms with Crippen LogP contribution in [0.15, 0.2) is 42.5 Å². The molecule has 2 N–H and O–H groups in total. The second-order valence-electron chi connectivity index (χ2n) is 4.98. The summed E-state index contributed by atoms with van der Waals surface area (Å²) in [6.45, 7) is 0.697. The summed E-state index contributed by atoms with van der Waals surface area (Å²) in [6, 6.07) is 15.1. The summed E-state index contributed by atoms with van der Waals surface area (Å²) in [5, 5.41) is 2.57. The quantitative estimate of drug-likeness (QED) is 0.825. The van der Waals surface area contributed by atoms with Gasteiger partial charge in [-0.1, -0.05) is 42.5 Å². The van der Waals surface area contributed by atoms with Crippen molar-refractivity contribution >= 4 is 22.4 Å². The van der Waals surface area contributed by atoms with Crippen LogP contribution in [0.4, 0.5) is 0 Å². The molecule has 0 radical (unpaired) electrons. The molecule has 0 aliphatic heterocycles. The minimum Gasteiger partial charge on any atom is -0.330 e. The van der Waals surface area contributed by atoms with Crippen LogP contribution < -0.4 is 5.73 Å². The molecule has 1 unspecified atom stereocenters. The lowest BCUT2D eigenvalue weighted by Gasteiger charge is -2.15. The van der Waals surface area contributed by atoms with Crippen molar-refractivity contribution in [2.75, 3.05) is 12.4 Å². The maximum Gasteiger partial charge on any atom is 0.0261 e. The molecule has 3 rings (SSSR count). The van der Waals surface area contributed by atoms with Gasteiger partial charge in [-0.15, -0.1) is 11.6 Å². The highest BCUT2D eigenvalue weighted by Gasteiger charge is 2.53. The van der Waals surface area contributed by atoms with Crippen LogP contribution in [0.3, 0.4) is 0 Å². The lowest BCUT2D eigenvalue weighted by atomic mass is 9.91. The Balaban J connectivity index is 2.07. The molecular formula is C15H16ClN. The van der Waals surface area contributed by atoms with Gasteiger partial charge in [0.1, 0.15) is 0 Å². The molecule has 1 nitrogen and oxygen atoms in total. The molecular weight excluding hydrogens is 230 g/mol. The Bertz CT molecular complexity index is 551. The lowest BCUT2D eigenvalue weighted by Crippen LogP contribution is -2.22. The zero-order valence-corrected chi connectivity index (χ0v) is 10.5. The van der Waals surface area contributed by atoms with Gasteiger partial charge in [0.2, 0.25) is 0 Å². The zero-order chi connectivity index (χ0) is 11.9. The van der Waals surface area contributed by atoms with Crippen LogP contribution in [0.25, 0.3) is 10.8 Å². The molecule has 17 heavy (non-hydrogen) atoms. The third-order valence-electron chi connectivity index (χ3n) is 4.11. The number of nitrogens with two attached hydrogens (primary N) is 1. The van der Waals surface area contributed by atoms with E-state index >= 15 is 0 Å². The van der Waals surface area contributed by atoms with Gasteiger partial charge in [-0.2, -0.15) is 0 Å². The Kier molecular flexibility index (Phi) is 2.61. The summed E-state index contributed by atoms with van der Waals surface area (Å²) < 4.78 is 0. The fourth-order valence-corrected chi connectivity index (χ4v) is 3.21. The van der Waals surface area contributed by atoms with E-state index in [4.69, 9.17) is 17.3 Å². The highest BCUT2D eigenvalue weighted by molar-refractivity contribution is 6.18. The molecule has 88 valence electrons. The third kappa shape index (κ3) is 1.65. The van der Waals surface area contributed by atoms with E-state index in [0.717, 1.165) is 6.42 Å². The van der Waals surface area contributed by atoms with Crippen LogP contribution in [0, 0.1) is 5.92 Å². The minimum atomic E-state index is 0.145. The van der Waals surface area contributed by atoms with Crippen molar-refractivity contribution in [2.24, 2.45) is 11.7 Å². The minimum absolute atomic E-state index is 0.145. The largest absolute Gasteiger partial charge is 0.330 e. The van der Waals surface area contributed by atoms with Crippen LogP contribution in [0.2, 0.25) is 0 Å². The molecule has 2 aromatic carbocycles. The Morgan fingerprint density at radius 1 is 1.18 bits per heavy atom. The van der Waals surface area contributed by atoms with E-state index in [-0.39, 0.29) is 5.41 Å². The number of alkyl halides is 1. The van der Waals surface area contributed by atoms with Gasteiger partial charge in [0.15, 0.2) is 0 Å². The Morgan fingerprint density at radius 2 is 1.94 bits per heavy atom. The van der Waals surface area contributed by atoms with E-state index in [1.54, 1.807) is 0 Å². The normalized spacial score (nSPS) is 27.3. The SMILES string of the molecule is NC[C@]1(c2ccc3ccccc3c2)CC1CCl. The van der Waals surface area contributed by atoms with Crippen molar-refractivity contribution in [1.82, 2.24) is 0 Å². The maximum absolute atomic E-state index is 5.97. The molecule has 2 atom stereocenters. The van der Waals surface area contributed by atoms with Crippen LogP contribution in [0.5, 0.6) is 0 Å². The third-order valence-corrected chi connectivity index (χ3v) is 4.48. The van der Waals surface area contributed by atoms with Gasteiger partial charge in [-0.05, 0) is 28.7 Å². The molecule has 2 aromatic rings. The monoisotopic (exact) mass is 245 g/mol. The summed E-state index contributed by atoms with van der Waals surface area (Å²) in [7, 11) is 0. The summed E-state index contributed by atoms with van der Waals surface area (Å²) >= 11 is 5.97. The van der Waals surface area contributed by atoms with E-state index in [2.05, 4.69) is 42.5 Å². The van der Waals surface area contributed by atoms with E-state index in [0.29, 0.717) is 18.3 Å². The fourth-order valence-electron chi connectivity index (χ4n) is 2.80. The molecule has 2 heteroatoms. The van der Waals surface area contributed by atoms with Crippen molar-refractivity contribution in [3.63, 3.8) is 0 Å². The predicted octanol–water partition coefficient (Wildman–Crippen LogP) is 3.30. The summed E-state index contributed by atoms with van der Waals surface area (Å²) in [6.07, 6.45) is 1.13. The van der Waals surface area contributed by atoms with Gasteiger partial charge < -0.3 is 5.73 Å². The van der Waals surface area contributed by atoms with Gasteiger partial charge in [0.25, 0.3) is 0 Å². The first-order chi connectivity index (χ1) is 8.30. The van der Waals surface area contributed by atoms with Crippen molar-refractivity contribution in [3.05, 3.63) is 48.0 Å². The van der Waals surface area contributed by atoms with Crippen molar-refractivity contribution < 1.29 is 0 Å². The first kappa shape index (κ1) is 11.1. The number of halogens is 1. The summed E-state index contributed by atoms with van der Waals surface area (Å²) in [5.41, 5.74) is 7.45. The van der Waals surface area contributed by atoms with E-state index in [9.17, 15) is 0 Å². The predicted molar refractivity (Wildman–Crippen MR) is 73.5 cm³/mol. The first-order valence-electron chi connectivity index (χ1n) is 6.05. The van der Waals surface area contributed by atoms with Gasteiger partial charge >= 0.3 is 0 Å². The van der Waals surface area contributed by atoms with E-state index in [1.165, 1.54) is 16.3 Å². The smallest absolute Gasteiger partial charge is 0.0261 e. The molecule has 1 aliphatic rings. The molecule has 0 heterocycles. The molecule has 0 saturated heterocycles.